The molecule has 0 unspecified atom stereocenters. The van der Waals surface area contributed by atoms with Crippen LogP contribution in [-0.4, -0.2) is 69.3 Å². The van der Waals surface area contributed by atoms with Crippen LogP contribution in [0.4, 0.5) is 30.7 Å². The van der Waals surface area contributed by atoms with Crippen LogP contribution in [0.1, 0.15) is 99.2 Å². The van der Waals surface area contributed by atoms with E-state index < -0.39 is 34.4 Å². The van der Waals surface area contributed by atoms with Gasteiger partial charge in [0.05, 0.1) is 20.8 Å². The first-order chi connectivity index (χ1) is 65.1. The predicted octanol–water partition coefficient (Wildman–Crippen LogP) is 19.0. The van der Waals surface area contributed by atoms with Crippen molar-refractivity contribution in [3.8, 4) is 11.5 Å². The van der Waals surface area contributed by atoms with Gasteiger partial charge in [-0.05, 0) is 200 Å². The second kappa shape index (κ2) is 86.4. The number of nitrogens with one attached hydrogen (secondary N) is 1. The molecule has 0 saturated heterocycles. The molecule has 754 valence electrons. The van der Waals surface area contributed by atoms with Crippen molar-refractivity contribution in [1.29, 1.82) is 0 Å². The van der Waals surface area contributed by atoms with Crippen molar-refractivity contribution in [2.75, 3.05) is 40.4 Å². The van der Waals surface area contributed by atoms with E-state index in [9.17, 15) is 43.9 Å². The Hall–Kier alpha value is 0.570. The summed E-state index contributed by atoms with van der Waals surface area (Å²) in [7, 11) is 68.7. The third-order valence-corrected chi connectivity index (χ3v) is 104. The average molecular weight is 2660 g/mol. The first kappa shape index (κ1) is 133. The molecular formula is C78H90F7N3O5S43. The molecule has 0 bridgehead atoms. The number of hydrogen-bond acceptors (Lipinski definition) is 9. The van der Waals surface area contributed by atoms with Gasteiger partial charge < -0.3 is 14.8 Å². The first-order valence-electron chi connectivity index (χ1n) is 37.1. The van der Waals surface area contributed by atoms with Gasteiger partial charge in [0.25, 0.3) is 0 Å². The number of methoxy groups -OCH3 is 2. The molecule has 0 saturated carbocycles. The van der Waals surface area contributed by atoms with Crippen molar-refractivity contribution in [2.24, 2.45) is 0 Å². The number of ketones is 1. The summed E-state index contributed by atoms with van der Waals surface area (Å²) in [6, 6.07) is 48.3. The zero-order valence-electron chi connectivity index (χ0n) is 71.9. The molecule has 0 aromatic heterocycles. The lowest BCUT2D eigenvalue weighted by Gasteiger charge is -2.22. The highest BCUT2D eigenvalue weighted by molar-refractivity contribution is 8.81. The normalized spacial score (nSPS) is 10.1. The molecule has 8 rings (SSSR count). The van der Waals surface area contributed by atoms with Gasteiger partial charge >= 0.3 is 15.5 Å². The number of rotatable bonds is 23. The zero-order chi connectivity index (χ0) is 98.8. The van der Waals surface area contributed by atoms with Crippen molar-refractivity contribution in [2.45, 2.75) is 101 Å². The van der Waals surface area contributed by atoms with E-state index in [4.69, 9.17) is 31.8 Å². The third kappa shape index (κ3) is 68.2. The van der Waals surface area contributed by atoms with Gasteiger partial charge in [-0.2, -0.15) is 17.5 Å². The quantitative estimate of drug-likeness (QED) is 0.0382. The summed E-state index contributed by atoms with van der Waals surface area (Å²) in [5.41, 5.74) is 9.81. The molecule has 8 aromatic rings. The fourth-order valence-corrected chi connectivity index (χ4v) is 114. The molecule has 58 heteroatoms. The van der Waals surface area contributed by atoms with Crippen LogP contribution in [0.3, 0.4) is 0 Å². The summed E-state index contributed by atoms with van der Waals surface area (Å²) in [5.74, 6) is 0.266. The zero-order valence-corrected chi connectivity index (χ0v) is 107. The van der Waals surface area contributed by atoms with Crippen LogP contribution in [0.2, 0.25) is 0 Å². The van der Waals surface area contributed by atoms with Gasteiger partial charge in [0.2, 0.25) is 0 Å². The highest BCUT2D eigenvalue weighted by Crippen LogP contribution is 2.30. The molecule has 0 aliphatic carbocycles. The highest BCUT2D eigenvalue weighted by atomic mass is 33.5. The predicted molar refractivity (Wildman–Crippen MR) is 682 cm³/mol. The summed E-state index contributed by atoms with van der Waals surface area (Å²) < 4.78 is 125. The average Bonchev–Trinajstić information content (AvgIpc) is 0.798. The molecule has 0 aliphatic rings. The summed E-state index contributed by atoms with van der Waals surface area (Å²) in [6.45, 7) is 21.8. The smallest absolute Gasteiger partial charge is 0.493 e. The van der Waals surface area contributed by atoms with Crippen molar-refractivity contribution in [3.05, 3.63) is 302 Å². The number of aryl methyl sites for hydroxylation is 7. The van der Waals surface area contributed by atoms with E-state index in [1.807, 2.05) is 305 Å². The minimum absolute atomic E-state index is 0. The molecule has 136 heavy (non-hydrogen) atoms. The molecule has 1 N–H and O–H groups in total. The van der Waals surface area contributed by atoms with E-state index in [0.29, 0.717) is 35.4 Å². The fraction of sp³-hybridized carbons (Fsp3) is 0.269. The lowest BCUT2D eigenvalue weighted by Crippen LogP contribution is -2.40. The fourth-order valence-electron chi connectivity index (χ4n) is 9.22. The number of hydrogen-bond donors (Lipinski definition) is 1. The van der Waals surface area contributed by atoms with Crippen LogP contribution >= 0.6 is 0 Å². The molecule has 0 aliphatic heterocycles. The largest absolute Gasteiger partial charge is 0.511 e. The van der Waals surface area contributed by atoms with Crippen molar-refractivity contribution < 1.29 is 53.4 Å². The second-order valence-electron chi connectivity index (χ2n) is 24.7. The molecule has 0 atom stereocenters. The minimum atomic E-state index is -5.53. The molecule has 0 radical (unpaired) electrons. The Balaban J connectivity index is 0.000000584. The number of allylic oxidation sites excluding steroid dienone is 1. The first-order valence-corrected chi connectivity index (χ1v) is 93.2. The maximum absolute atomic E-state index is 13.0. The van der Waals surface area contributed by atoms with Gasteiger partial charge in [-0.3, -0.25) is 9.69 Å². The maximum Gasteiger partial charge on any atom is 0.511 e. The van der Waals surface area contributed by atoms with E-state index >= 15 is 0 Å². The monoisotopic (exact) mass is 2660 g/mol. The Bertz CT molecular complexity index is 7360. The summed E-state index contributed by atoms with van der Waals surface area (Å²) in [5, 5.41) is 3.31. The topological polar surface area (TPSA) is 88.2 Å². The van der Waals surface area contributed by atoms with Crippen LogP contribution in [-0.2, 0) is 425 Å². The van der Waals surface area contributed by atoms with Crippen LogP contribution in [0.5, 0.6) is 11.5 Å². The summed E-state index contributed by atoms with van der Waals surface area (Å²) >= 11 is 9.61. The van der Waals surface area contributed by atoms with E-state index in [-0.39, 0.29) is 36.2 Å². The van der Waals surface area contributed by atoms with Gasteiger partial charge in [-0.1, -0.05) is 166 Å². The molecular weight excluding hydrogens is 2570 g/mol. The number of halogens is 7. The number of ether oxygens (including phenoxy) is 2. The molecule has 0 amide bonds. The molecule has 0 fully saturated rings. The summed E-state index contributed by atoms with van der Waals surface area (Å²) in [4.78, 5) is 13.5. The van der Waals surface area contributed by atoms with E-state index in [2.05, 4.69) is 88.1 Å². The van der Waals surface area contributed by atoms with Crippen molar-refractivity contribution in [3.63, 3.8) is 0 Å². The van der Waals surface area contributed by atoms with Crippen molar-refractivity contribution >= 4 is 412 Å². The number of Topliss-reactive ketones (excluding diaryl/α,β-unsaturated/α-hetero) is 1. The summed E-state index contributed by atoms with van der Waals surface area (Å²) in [6.07, 6.45) is 15.0. The van der Waals surface area contributed by atoms with Gasteiger partial charge in [0.15, 0.2) is 11.5 Å². The Morgan fingerprint density at radius 3 is 1.01 bits per heavy atom. The van der Waals surface area contributed by atoms with Gasteiger partial charge in [0, 0.05) is 417 Å². The Labute approximate surface area is 918 Å². The van der Waals surface area contributed by atoms with Gasteiger partial charge in [-0.15, -0.1) is 6.58 Å². The Morgan fingerprint density at radius 1 is 0.390 bits per heavy atom. The number of carbonyl (C=O) groups excluding carboxylic acids is 1. The number of benzene rings is 8. The molecule has 0 spiro atoms. The lowest BCUT2D eigenvalue weighted by atomic mass is 10.0. The van der Waals surface area contributed by atoms with Crippen LogP contribution < -0.4 is 14.8 Å². The number of sulfonamides is 1. The number of alkyl halides is 3. The molecule has 8 nitrogen and oxygen atoms in total. The third-order valence-electron chi connectivity index (χ3n) is 15.6. The second-order valence-corrected chi connectivity index (χ2v) is 97.4. The number of nitrogens with zero attached hydrogens (tertiary/aromatic N) is 2. The van der Waals surface area contributed by atoms with Gasteiger partial charge in [-0.25, -0.2) is 26.0 Å². The molecule has 0 heterocycles. The van der Waals surface area contributed by atoms with Crippen LogP contribution in [0, 0.1) is 64.8 Å². The van der Waals surface area contributed by atoms with Crippen LogP contribution in [0.15, 0.2) is 201 Å². The van der Waals surface area contributed by atoms with Crippen molar-refractivity contribution in [1.82, 2.24) is 14.5 Å². The lowest BCUT2D eigenvalue weighted by molar-refractivity contribution is -0.118. The van der Waals surface area contributed by atoms with Crippen LogP contribution in [0.25, 0.3) is 18.2 Å². The van der Waals surface area contributed by atoms with Gasteiger partial charge in [0.1, 0.15) is 29.1 Å². The SMILES string of the molecule is C.C=CCc1ccc(C)c(C)c1.CCc1ccc(F)cc1.COc1ccc(/C=C/CN(CC(C)=O)Cc2ccc(F)cc2)cc1OC.Cc1ccc(/C=C/CN(Cc2ccc(F)cc2)S(=O)(=O)C(F)(F)F)cc1C.Cc1ccc(/C=C/CNCc2ccc(F)cc2)cc1C.S=S=S=S=S=S=S=S=S=S=S=S=S=S=S=S=S=S=S=S=S=S=S=S=S=S=S=S=S=S=S=S=S=S=S=S=S=S=S=S=S=S. The Morgan fingerprint density at radius 2 is 0.691 bits per heavy atom. The minimum Gasteiger partial charge on any atom is -0.493 e. The molecule has 8 aromatic carbocycles. The maximum atomic E-state index is 13.0. The van der Waals surface area contributed by atoms with E-state index in [0.717, 1.165) is 71.4 Å². The standard InChI is InChI=1S/C21H24FNO3.C19H19F4NO2S.C18H20FN.C11H14.C8H9F.CH4.S42/c1-16(24)14-23(15-18-6-9-19(22)10-7-18)12-4-5-17-8-11-20(25-2)21(13-17)26-3;1-14-5-6-16(12-15(14)2)4-3-11-24(27(25,26)19(21,22)23)13-17-7-9-18(20)10-8-17;1-14-5-6-16(12-15(14)2)4-3-11-20-13-17-7-9-18(19)10-8-17;1-4-5-11-7-6-9(2)10(3)8-11;1-2-7-3-5-8(9)6-4-7;;1-3-5-7-9-11-13-15-17-19-21-23-25-27-29-31-33-35-37-39-41-42-40-38-36-34-32-30-28-26-24-22-20-18-16-14-12-10-8-6-4-2/h4-11,13H,12,14-15H2,1-3H3;3-10,12H,11,13H2,1-2H3;3-10,12,20H,11,13H2,1-2H3;4,6-8H,1,5H2,2-3H3;3-6H,2H2,1H3;1H4;/b5-4+;2*4-3+;;;;. The highest BCUT2D eigenvalue weighted by Gasteiger charge is 2.49. The Kier molecular flexibility index (Phi) is 84.3. The van der Waals surface area contributed by atoms with E-state index in [1.165, 1.54) is 111 Å². The number of carbonyl (C=O) groups is 1. The van der Waals surface area contributed by atoms with E-state index in [1.54, 1.807) is 176 Å².